The van der Waals surface area contributed by atoms with Crippen LogP contribution in [0.4, 0.5) is 0 Å². The second-order valence-corrected chi connectivity index (χ2v) is 6.65. The van der Waals surface area contributed by atoms with E-state index < -0.39 is 5.60 Å². The van der Waals surface area contributed by atoms with E-state index in [0.29, 0.717) is 36.5 Å². The summed E-state index contributed by atoms with van der Waals surface area (Å²) in [5.41, 5.74) is -0.135. The molecule has 1 unspecified atom stereocenters. The molecule has 1 aromatic carbocycles. The van der Waals surface area contributed by atoms with E-state index in [4.69, 9.17) is 9.15 Å². The summed E-state index contributed by atoms with van der Waals surface area (Å²) in [6.45, 7) is 4.38. The first-order chi connectivity index (χ1) is 11.5. The highest BCUT2D eigenvalue weighted by Crippen LogP contribution is 2.33. The highest BCUT2D eigenvalue weighted by Gasteiger charge is 2.33. The van der Waals surface area contributed by atoms with Crippen molar-refractivity contribution in [3.05, 3.63) is 30.0 Å². The van der Waals surface area contributed by atoms with Gasteiger partial charge in [-0.05, 0) is 38.8 Å². The fourth-order valence-electron chi connectivity index (χ4n) is 3.41. The number of ether oxygens (including phenoxy) is 1. The van der Waals surface area contributed by atoms with Gasteiger partial charge in [-0.15, -0.1) is 0 Å². The van der Waals surface area contributed by atoms with Gasteiger partial charge in [0, 0.05) is 5.39 Å². The average molecular weight is 331 g/mol. The zero-order chi connectivity index (χ0) is 17.2. The first-order valence-electron chi connectivity index (χ1n) is 8.68. The topological polar surface area (TPSA) is 71.7 Å². The first-order valence-corrected chi connectivity index (χ1v) is 8.68. The molecular formula is C19H25NO4. The zero-order valence-electron chi connectivity index (χ0n) is 14.3. The van der Waals surface area contributed by atoms with E-state index >= 15 is 0 Å². The Morgan fingerprint density at radius 3 is 2.88 bits per heavy atom. The molecule has 24 heavy (non-hydrogen) atoms. The predicted octanol–water partition coefficient (Wildman–Crippen LogP) is 3.70. The zero-order valence-corrected chi connectivity index (χ0v) is 14.3. The quantitative estimate of drug-likeness (QED) is 0.846. The van der Waals surface area contributed by atoms with Gasteiger partial charge in [0.2, 0.25) is 5.91 Å². The molecule has 1 atom stereocenters. The lowest BCUT2D eigenvalue weighted by atomic mass is 9.97. The second kappa shape index (κ2) is 6.85. The van der Waals surface area contributed by atoms with Gasteiger partial charge >= 0.3 is 0 Å². The van der Waals surface area contributed by atoms with Crippen LogP contribution >= 0.6 is 0 Å². The summed E-state index contributed by atoms with van der Waals surface area (Å²) >= 11 is 0. The number of hydrogen-bond donors (Lipinski definition) is 2. The van der Waals surface area contributed by atoms with Crippen LogP contribution in [0, 0.1) is 0 Å². The van der Waals surface area contributed by atoms with Gasteiger partial charge in [-0.3, -0.25) is 4.79 Å². The highest BCUT2D eigenvalue weighted by atomic mass is 16.5. The van der Waals surface area contributed by atoms with E-state index in [2.05, 4.69) is 5.32 Å². The lowest BCUT2D eigenvalue weighted by Gasteiger charge is -2.22. The highest BCUT2D eigenvalue weighted by molar-refractivity contribution is 5.84. The molecule has 1 heterocycles. The summed E-state index contributed by atoms with van der Waals surface area (Å²) in [4.78, 5) is 12.2. The van der Waals surface area contributed by atoms with Gasteiger partial charge in [-0.1, -0.05) is 25.0 Å². The van der Waals surface area contributed by atoms with Crippen molar-refractivity contribution in [2.45, 2.75) is 57.6 Å². The molecule has 2 N–H and O–H groups in total. The number of nitrogens with one attached hydrogen (secondary N) is 1. The van der Waals surface area contributed by atoms with Crippen LogP contribution in [0.1, 0.15) is 57.8 Å². The van der Waals surface area contributed by atoms with Crippen molar-refractivity contribution < 1.29 is 19.1 Å². The van der Waals surface area contributed by atoms with Crippen molar-refractivity contribution in [1.82, 2.24) is 5.32 Å². The second-order valence-electron chi connectivity index (χ2n) is 6.65. The number of benzene rings is 1. The summed E-state index contributed by atoms with van der Waals surface area (Å²) in [7, 11) is 0. The van der Waals surface area contributed by atoms with Gasteiger partial charge < -0.3 is 19.6 Å². The average Bonchev–Trinajstić information content (AvgIpc) is 3.14. The van der Waals surface area contributed by atoms with E-state index in [1.165, 1.54) is 0 Å². The van der Waals surface area contributed by atoms with Crippen molar-refractivity contribution in [2.24, 2.45) is 0 Å². The Morgan fingerprint density at radius 2 is 2.17 bits per heavy atom. The van der Waals surface area contributed by atoms with E-state index in [-0.39, 0.29) is 18.4 Å². The molecule has 0 spiro atoms. The maximum Gasteiger partial charge on any atom is 0.223 e. The lowest BCUT2D eigenvalue weighted by Crippen LogP contribution is -2.35. The van der Waals surface area contributed by atoms with Gasteiger partial charge in [0.1, 0.15) is 5.76 Å². The van der Waals surface area contributed by atoms with E-state index in [9.17, 15) is 9.90 Å². The third kappa shape index (κ3) is 3.56. The molecule has 0 bridgehead atoms. The molecule has 1 aliphatic carbocycles. The number of amides is 1. The van der Waals surface area contributed by atoms with E-state index in [0.717, 1.165) is 18.2 Å². The third-order valence-corrected chi connectivity index (χ3v) is 4.66. The van der Waals surface area contributed by atoms with Gasteiger partial charge in [0.05, 0.1) is 24.7 Å². The van der Waals surface area contributed by atoms with E-state index in [1.54, 1.807) is 0 Å². The van der Waals surface area contributed by atoms with Crippen molar-refractivity contribution in [1.29, 1.82) is 0 Å². The molecule has 5 heteroatoms. The van der Waals surface area contributed by atoms with Gasteiger partial charge in [0.15, 0.2) is 11.3 Å². The maximum absolute atomic E-state index is 12.2. The molecule has 1 fully saturated rings. The molecule has 1 aliphatic rings. The number of carbonyl (C=O) groups excluding carboxylic acids is 1. The molecule has 0 saturated heterocycles. The van der Waals surface area contributed by atoms with Crippen LogP contribution in [0.25, 0.3) is 11.0 Å². The largest absolute Gasteiger partial charge is 0.490 e. The molecule has 1 aromatic heterocycles. The summed E-state index contributed by atoms with van der Waals surface area (Å²) < 4.78 is 11.5. The Bertz CT molecular complexity index is 715. The molecular weight excluding hydrogens is 306 g/mol. The Balaban J connectivity index is 1.70. The molecule has 1 saturated carbocycles. The standard InChI is InChI=1S/C19H25NO4/c1-3-23-15-8-6-7-14-11-16(24-18(14)15)13(2)20-17(21)12-19(22)9-4-5-10-19/h6-8,11,13,22H,3-5,9-10,12H2,1-2H3,(H,20,21). The minimum atomic E-state index is -0.834. The summed E-state index contributed by atoms with van der Waals surface area (Å²) in [5.74, 6) is 1.25. The van der Waals surface area contributed by atoms with Crippen molar-refractivity contribution in [3.63, 3.8) is 0 Å². The molecule has 5 nitrogen and oxygen atoms in total. The molecule has 3 rings (SSSR count). The Morgan fingerprint density at radius 1 is 1.42 bits per heavy atom. The number of furan rings is 1. The first kappa shape index (κ1) is 16.8. The van der Waals surface area contributed by atoms with Crippen molar-refractivity contribution in [2.75, 3.05) is 6.61 Å². The predicted molar refractivity (Wildman–Crippen MR) is 92.0 cm³/mol. The number of hydrogen-bond acceptors (Lipinski definition) is 4. The molecule has 130 valence electrons. The van der Waals surface area contributed by atoms with Gasteiger partial charge in [0.25, 0.3) is 0 Å². The van der Waals surface area contributed by atoms with Crippen LogP contribution in [0.3, 0.4) is 0 Å². The number of carbonyl (C=O) groups is 1. The molecule has 1 amide bonds. The fraction of sp³-hybridized carbons (Fsp3) is 0.526. The van der Waals surface area contributed by atoms with Crippen molar-refractivity contribution in [3.8, 4) is 5.75 Å². The van der Waals surface area contributed by atoms with Gasteiger partial charge in [-0.2, -0.15) is 0 Å². The van der Waals surface area contributed by atoms with Crippen molar-refractivity contribution >= 4 is 16.9 Å². The van der Waals surface area contributed by atoms with Crippen LogP contribution in [0.5, 0.6) is 5.75 Å². The van der Waals surface area contributed by atoms with Crippen LogP contribution < -0.4 is 10.1 Å². The molecule has 0 aliphatic heterocycles. The summed E-state index contributed by atoms with van der Waals surface area (Å²) in [6, 6.07) is 7.42. The normalized spacial score (nSPS) is 17.8. The van der Waals surface area contributed by atoms with E-state index in [1.807, 2.05) is 38.1 Å². The fourth-order valence-corrected chi connectivity index (χ4v) is 3.41. The van der Waals surface area contributed by atoms with Crippen LogP contribution in [0.15, 0.2) is 28.7 Å². The minimum absolute atomic E-state index is 0.141. The van der Waals surface area contributed by atoms with Crippen LogP contribution in [0.2, 0.25) is 0 Å². The monoisotopic (exact) mass is 331 g/mol. The summed E-state index contributed by atoms with van der Waals surface area (Å²) in [6.07, 6.45) is 3.54. The number of para-hydroxylation sites is 1. The summed E-state index contributed by atoms with van der Waals surface area (Å²) in [5, 5.41) is 14.2. The van der Waals surface area contributed by atoms with Gasteiger partial charge in [-0.25, -0.2) is 0 Å². The van der Waals surface area contributed by atoms with Crippen LogP contribution in [-0.2, 0) is 4.79 Å². The number of aliphatic hydroxyl groups is 1. The number of rotatable bonds is 6. The smallest absolute Gasteiger partial charge is 0.223 e. The molecule has 2 aromatic rings. The Labute approximate surface area is 142 Å². The van der Waals surface area contributed by atoms with Crippen LogP contribution in [-0.4, -0.2) is 23.2 Å². The maximum atomic E-state index is 12.2. The number of fused-ring (bicyclic) bond motifs is 1. The SMILES string of the molecule is CCOc1cccc2cc(C(C)NC(=O)CC3(O)CCCC3)oc12. The Kier molecular flexibility index (Phi) is 4.81. The molecule has 0 radical (unpaired) electrons. The minimum Gasteiger partial charge on any atom is -0.490 e. The third-order valence-electron chi connectivity index (χ3n) is 4.66. The lowest BCUT2D eigenvalue weighted by molar-refractivity contribution is -0.126. The Hall–Kier alpha value is -2.01.